The van der Waals surface area contributed by atoms with E-state index in [1.54, 1.807) is 4.90 Å². The summed E-state index contributed by atoms with van der Waals surface area (Å²) in [4.78, 5) is 23.5. The van der Waals surface area contributed by atoms with E-state index in [1.807, 2.05) is 13.8 Å². The number of carboxylic acid groups (broad SMARTS) is 1. The Labute approximate surface area is 95.2 Å². The van der Waals surface area contributed by atoms with E-state index in [0.717, 1.165) is 12.8 Å². The molecule has 0 bridgehead atoms. The second-order valence-electron chi connectivity index (χ2n) is 3.53. The molecule has 6 heteroatoms. The Morgan fingerprint density at radius 2 is 1.75 bits per heavy atom. The summed E-state index contributed by atoms with van der Waals surface area (Å²) in [5.41, 5.74) is 0. The van der Waals surface area contributed by atoms with Crippen LogP contribution in [0.15, 0.2) is 0 Å². The maximum atomic E-state index is 11.6. The number of hydrogen-bond acceptors (Lipinski definition) is 3. The van der Waals surface area contributed by atoms with Gasteiger partial charge in [0.2, 0.25) is 0 Å². The average Bonchev–Trinajstić information content (AvgIpc) is 2.24. The molecule has 0 radical (unpaired) electrons. The predicted octanol–water partition coefficient (Wildman–Crippen LogP) is 0.263. The molecular formula is C10H20N2O4. The topological polar surface area (TPSA) is 89.9 Å². The number of amides is 2. The lowest BCUT2D eigenvalue weighted by Gasteiger charge is -2.22. The number of nitrogens with zero attached hydrogens (tertiary/aromatic N) is 1. The highest BCUT2D eigenvalue weighted by molar-refractivity contribution is 5.76. The van der Waals surface area contributed by atoms with Gasteiger partial charge in [-0.3, -0.25) is 0 Å². The molecule has 94 valence electrons. The van der Waals surface area contributed by atoms with Crippen LogP contribution in [0.1, 0.15) is 26.7 Å². The maximum absolute atomic E-state index is 11.6. The fourth-order valence-electron chi connectivity index (χ4n) is 1.24. The van der Waals surface area contributed by atoms with E-state index in [-0.39, 0.29) is 12.6 Å². The van der Waals surface area contributed by atoms with Gasteiger partial charge in [0.15, 0.2) is 6.10 Å². The van der Waals surface area contributed by atoms with Crippen LogP contribution in [-0.2, 0) is 4.79 Å². The molecule has 6 nitrogen and oxygen atoms in total. The second kappa shape index (κ2) is 7.92. The van der Waals surface area contributed by atoms with E-state index >= 15 is 0 Å². The summed E-state index contributed by atoms with van der Waals surface area (Å²) >= 11 is 0. The molecule has 0 aromatic heterocycles. The van der Waals surface area contributed by atoms with Crippen LogP contribution < -0.4 is 5.32 Å². The normalized spacial score (nSPS) is 11.9. The van der Waals surface area contributed by atoms with Gasteiger partial charge < -0.3 is 20.4 Å². The molecule has 1 atom stereocenters. The number of aliphatic hydroxyl groups excluding tert-OH is 1. The van der Waals surface area contributed by atoms with Crippen molar-refractivity contribution in [2.24, 2.45) is 0 Å². The van der Waals surface area contributed by atoms with Crippen molar-refractivity contribution in [1.29, 1.82) is 0 Å². The zero-order valence-corrected chi connectivity index (χ0v) is 9.77. The molecule has 0 aromatic rings. The number of carbonyl (C=O) groups excluding carboxylic acids is 1. The molecule has 0 saturated carbocycles. The van der Waals surface area contributed by atoms with Gasteiger partial charge in [-0.15, -0.1) is 0 Å². The van der Waals surface area contributed by atoms with Crippen molar-refractivity contribution in [2.75, 3.05) is 19.6 Å². The van der Waals surface area contributed by atoms with Crippen LogP contribution in [-0.4, -0.2) is 52.9 Å². The molecule has 0 aliphatic carbocycles. The van der Waals surface area contributed by atoms with Crippen molar-refractivity contribution in [2.45, 2.75) is 32.8 Å². The third-order valence-electron chi connectivity index (χ3n) is 2.01. The number of rotatable bonds is 7. The van der Waals surface area contributed by atoms with E-state index in [2.05, 4.69) is 5.32 Å². The number of carboxylic acids is 1. The average molecular weight is 232 g/mol. The number of carbonyl (C=O) groups is 2. The lowest BCUT2D eigenvalue weighted by molar-refractivity contribution is -0.146. The summed E-state index contributed by atoms with van der Waals surface area (Å²) in [7, 11) is 0. The van der Waals surface area contributed by atoms with E-state index in [0.29, 0.717) is 13.1 Å². The molecular weight excluding hydrogens is 212 g/mol. The number of hydrogen-bond donors (Lipinski definition) is 3. The summed E-state index contributed by atoms with van der Waals surface area (Å²) in [6.07, 6.45) is 0.137. The fourth-order valence-corrected chi connectivity index (χ4v) is 1.24. The highest BCUT2D eigenvalue weighted by Gasteiger charge is 2.16. The minimum Gasteiger partial charge on any atom is -0.479 e. The maximum Gasteiger partial charge on any atom is 0.334 e. The van der Waals surface area contributed by atoms with Gasteiger partial charge in [0.05, 0.1) is 6.54 Å². The Balaban J connectivity index is 4.04. The van der Waals surface area contributed by atoms with Crippen LogP contribution in [0, 0.1) is 0 Å². The number of nitrogens with one attached hydrogen (secondary N) is 1. The summed E-state index contributed by atoms with van der Waals surface area (Å²) in [5.74, 6) is -1.34. The largest absolute Gasteiger partial charge is 0.479 e. The molecule has 0 saturated heterocycles. The lowest BCUT2D eigenvalue weighted by Crippen LogP contribution is -2.45. The Hall–Kier alpha value is -1.30. The monoisotopic (exact) mass is 232 g/mol. The molecule has 16 heavy (non-hydrogen) atoms. The molecule has 0 fully saturated rings. The number of urea groups is 1. The fraction of sp³-hybridized carbons (Fsp3) is 0.800. The van der Waals surface area contributed by atoms with Crippen molar-refractivity contribution in [3.63, 3.8) is 0 Å². The van der Waals surface area contributed by atoms with E-state index in [1.165, 1.54) is 0 Å². The van der Waals surface area contributed by atoms with Gasteiger partial charge in [-0.2, -0.15) is 0 Å². The van der Waals surface area contributed by atoms with Gasteiger partial charge in [-0.25, -0.2) is 9.59 Å². The minimum absolute atomic E-state index is 0.266. The quantitative estimate of drug-likeness (QED) is 0.587. The van der Waals surface area contributed by atoms with Crippen LogP contribution in [0.4, 0.5) is 4.79 Å². The highest BCUT2D eigenvalue weighted by Crippen LogP contribution is 1.95. The zero-order chi connectivity index (χ0) is 12.6. The van der Waals surface area contributed by atoms with E-state index < -0.39 is 12.1 Å². The van der Waals surface area contributed by atoms with Gasteiger partial charge in [-0.1, -0.05) is 13.8 Å². The van der Waals surface area contributed by atoms with E-state index in [4.69, 9.17) is 10.2 Å². The Morgan fingerprint density at radius 1 is 1.25 bits per heavy atom. The predicted molar refractivity (Wildman–Crippen MR) is 59.2 cm³/mol. The summed E-state index contributed by atoms with van der Waals surface area (Å²) in [6.45, 7) is 4.91. The molecule has 0 aliphatic heterocycles. The van der Waals surface area contributed by atoms with Crippen molar-refractivity contribution >= 4 is 12.0 Å². The molecule has 0 rings (SSSR count). The molecule has 1 unspecified atom stereocenters. The zero-order valence-electron chi connectivity index (χ0n) is 9.77. The SMILES string of the molecule is CCCN(CCC)C(=O)NCC(O)C(=O)O. The Morgan fingerprint density at radius 3 is 2.12 bits per heavy atom. The van der Waals surface area contributed by atoms with Crippen LogP contribution in [0.3, 0.4) is 0 Å². The molecule has 0 spiro atoms. The first-order valence-corrected chi connectivity index (χ1v) is 5.46. The van der Waals surface area contributed by atoms with Gasteiger partial charge in [-0.05, 0) is 12.8 Å². The molecule has 0 aromatic carbocycles. The number of aliphatic hydroxyl groups is 1. The van der Waals surface area contributed by atoms with Crippen LogP contribution in [0.2, 0.25) is 0 Å². The van der Waals surface area contributed by atoms with Crippen molar-refractivity contribution in [3.05, 3.63) is 0 Å². The summed E-state index contributed by atoms with van der Waals surface area (Å²) in [6, 6.07) is -0.330. The van der Waals surface area contributed by atoms with Gasteiger partial charge >= 0.3 is 12.0 Å². The van der Waals surface area contributed by atoms with E-state index in [9.17, 15) is 9.59 Å². The summed E-state index contributed by atoms with van der Waals surface area (Å²) in [5, 5.41) is 19.8. The van der Waals surface area contributed by atoms with Crippen LogP contribution in [0.25, 0.3) is 0 Å². The smallest absolute Gasteiger partial charge is 0.334 e. The second-order valence-corrected chi connectivity index (χ2v) is 3.53. The lowest BCUT2D eigenvalue weighted by atomic mass is 10.3. The van der Waals surface area contributed by atoms with Gasteiger partial charge in [0.1, 0.15) is 0 Å². The third-order valence-corrected chi connectivity index (χ3v) is 2.01. The first kappa shape index (κ1) is 14.7. The first-order chi connectivity index (χ1) is 7.52. The number of aliphatic carboxylic acids is 1. The van der Waals surface area contributed by atoms with Crippen molar-refractivity contribution < 1.29 is 19.8 Å². The molecule has 0 heterocycles. The molecule has 2 amide bonds. The standard InChI is InChI=1S/C10H20N2O4/c1-3-5-12(6-4-2)10(16)11-7-8(13)9(14)15/h8,13H,3-7H2,1-2H3,(H,11,16)(H,14,15). The van der Waals surface area contributed by atoms with Gasteiger partial charge in [0, 0.05) is 13.1 Å². The van der Waals surface area contributed by atoms with Crippen LogP contribution >= 0.6 is 0 Å². The van der Waals surface area contributed by atoms with Gasteiger partial charge in [0.25, 0.3) is 0 Å². The molecule has 3 N–H and O–H groups in total. The minimum atomic E-state index is -1.55. The summed E-state index contributed by atoms with van der Waals surface area (Å²) < 4.78 is 0. The van der Waals surface area contributed by atoms with Crippen molar-refractivity contribution in [3.8, 4) is 0 Å². The van der Waals surface area contributed by atoms with Crippen molar-refractivity contribution in [1.82, 2.24) is 10.2 Å². The molecule has 0 aliphatic rings. The Kier molecular flexibility index (Phi) is 7.28. The first-order valence-electron chi connectivity index (χ1n) is 5.46. The highest BCUT2D eigenvalue weighted by atomic mass is 16.4. The third kappa shape index (κ3) is 5.55. The van der Waals surface area contributed by atoms with Crippen LogP contribution in [0.5, 0.6) is 0 Å². The Bertz CT molecular complexity index is 227.